The Hall–Kier alpha value is -2.60. The van der Waals surface area contributed by atoms with Crippen molar-refractivity contribution in [2.75, 3.05) is 18.0 Å². The van der Waals surface area contributed by atoms with E-state index >= 15 is 0 Å². The minimum Gasteiger partial charge on any atom is -0.459 e. The van der Waals surface area contributed by atoms with E-state index in [4.69, 9.17) is 4.42 Å². The van der Waals surface area contributed by atoms with Crippen molar-refractivity contribution in [1.29, 1.82) is 0 Å². The van der Waals surface area contributed by atoms with Gasteiger partial charge in [-0.15, -0.1) is 0 Å². The van der Waals surface area contributed by atoms with E-state index in [2.05, 4.69) is 34.3 Å². The summed E-state index contributed by atoms with van der Waals surface area (Å²) in [5.74, 6) is 1.48. The normalized spacial score (nSPS) is 19.0. The van der Waals surface area contributed by atoms with Crippen LogP contribution in [0, 0.1) is 0 Å². The van der Waals surface area contributed by atoms with Gasteiger partial charge in [-0.2, -0.15) is 0 Å². The van der Waals surface area contributed by atoms with Crippen LogP contribution in [0.3, 0.4) is 0 Å². The predicted molar refractivity (Wildman–Crippen MR) is 102 cm³/mol. The summed E-state index contributed by atoms with van der Waals surface area (Å²) in [7, 11) is 1.76. The van der Waals surface area contributed by atoms with Crippen LogP contribution in [0.1, 0.15) is 31.6 Å². The highest BCUT2D eigenvalue weighted by atomic mass is 16.3. The monoisotopic (exact) mass is 352 g/mol. The summed E-state index contributed by atoms with van der Waals surface area (Å²) in [6.07, 6.45) is 5.48. The van der Waals surface area contributed by atoms with Gasteiger partial charge in [0.1, 0.15) is 11.3 Å². The van der Waals surface area contributed by atoms with Gasteiger partial charge in [0, 0.05) is 44.0 Å². The summed E-state index contributed by atoms with van der Waals surface area (Å²) in [6, 6.07) is 10.6. The highest BCUT2D eigenvalue weighted by molar-refractivity contribution is 5.77. The van der Waals surface area contributed by atoms with E-state index in [9.17, 15) is 4.79 Å². The lowest BCUT2D eigenvalue weighted by atomic mass is 10.0. The van der Waals surface area contributed by atoms with Crippen LogP contribution >= 0.6 is 0 Å². The standard InChI is InChI=1S/C20H24N4O2/c1-14(18-12-15-6-3-4-8-17(15)26-18)22-16-7-5-10-24(13-16)19-20(25)23(2)11-9-21-19/h3-4,6,8-9,11-12,14,16,22H,5,7,10,13H2,1-2H3/t14-,16-/m0/s1. The second-order valence-corrected chi connectivity index (χ2v) is 7.03. The molecule has 0 amide bonds. The quantitative estimate of drug-likeness (QED) is 0.782. The zero-order valence-corrected chi connectivity index (χ0v) is 15.2. The molecule has 0 radical (unpaired) electrons. The molecular weight excluding hydrogens is 328 g/mol. The lowest BCUT2D eigenvalue weighted by Crippen LogP contribution is -2.48. The van der Waals surface area contributed by atoms with Gasteiger partial charge in [0.25, 0.3) is 5.56 Å². The molecule has 6 heteroatoms. The number of nitrogens with one attached hydrogen (secondary N) is 1. The van der Waals surface area contributed by atoms with Crippen LogP contribution in [-0.2, 0) is 7.05 Å². The number of rotatable bonds is 4. The molecule has 4 rings (SSSR count). The van der Waals surface area contributed by atoms with Gasteiger partial charge in [-0.3, -0.25) is 4.79 Å². The van der Waals surface area contributed by atoms with Crippen molar-refractivity contribution in [1.82, 2.24) is 14.9 Å². The van der Waals surface area contributed by atoms with E-state index in [1.54, 1.807) is 24.0 Å². The summed E-state index contributed by atoms with van der Waals surface area (Å²) >= 11 is 0. The van der Waals surface area contributed by atoms with Crippen molar-refractivity contribution >= 4 is 16.8 Å². The van der Waals surface area contributed by atoms with Crippen LogP contribution in [-0.4, -0.2) is 28.7 Å². The molecule has 2 aromatic heterocycles. The first kappa shape index (κ1) is 16.8. The number of aryl methyl sites for hydroxylation is 1. The highest BCUT2D eigenvalue weighted by Gasteiger charge is 2.25. The first-order chi connectivity index (χ1) is 12.6. The van der Waals surface area contributed by atoms with E-state index in [-0.39, 0.29) is 11.6 Å². The van der Waals surface area contributed by atoms with Crippen LogP contribution in [0.25, 0.3) is 11.0 Å². The Balaban J connectivity index is 1.47. The summed E-state index contributed by atoms with van der Waals surface area (Å²) < 4.78 is 7.56. The van der Waals surface area contributed by atoms with Gasteiger partial charge in [-0.25, -0.2) is 4.98 Å². The second kappa shape index (κ2) is 6.96. The molecule has 1 aromatic carbocycles. The van der Waals surface area contributed by atoms with Crippen LogP contribution < -0.4 is 15.8 Å². The molecule has 26 heavy (non-hydrogen) atoms. The van der Waals surface area contributed by atoms with E-state index in [0.29, 0.717) is 11.9 Å². The van der Waals surface area contributed by atoms with Crippen LogP contribution in [0.4, 0.5) is 5.82 Å². The van der Waals surface area contributed by atoms with Gasteiger partial charge in [-0.05, 0) is 31.9 Å². The Morgan fingerprint density at radius 2 is 2.19 bits per heavy atom. The number of aromatic nitrogens is 2. The average molecular weight is 352 g/mol. The van der Waals surface area contributed by atoms with Crippen molar-refractivity contribution in [2.24, 2.45) is 7.05 Å². The number of anilines is 1. The van der Waals surface area contributed by atoms with Crippen molar-refractivity contribution in [2.45, 2.75) is 31.8 Å². The fourth-order valence-corrected chi connectivity index (χ4v) is 3.66. The average Bonchev–Trinajstić information content (AvgIpc) is 3.09. The molecule has 0 bridgehead atoms. The molecule has 2 atom stereocenters. The third-order valence-corrected chi connectivity index (χ3v) is 5.08. The lowest BCUT2D eigenvalue weighted by Gasteiger charge is -2.34. The molecule has 6 nitrogen and oxygen atoms in total. The molecular formula is C20H24N4O2. The SMILES string of the molecule is C[C@H](N[C@H]1CCCN(c2nccn(C)c2=O)C1)c1cc2ccccc2o1. The van der Waals surface area contributed by atoms with E-state index in [1.165, 1.54) is 0 Å². The Kier molecular flexibility index (Phi) is 4.51. The second-order valence-electron chi connectivity index (χ2n) is 7.03. The molecule has 3 aromatic rings. The largest absolute Gasteiger partial charge is 0.459 e. The molecule has 0 aliphatic carbocycles. The number of hydrogen-bond acceptors (Lipinski definition) is 5. The molecule has 136 valence electrons. The summed E-state index contributed by atoms with van der Waals surface area (Å²) in [5, 5.41) is 4.78. The first-order valence-corrected chi connectivity index (χ1v) is 9.13. The smallest absolute Gasteiger partial charge is 0.293 e. The molecule has 0 spiro atoms. The van der Waals surface area contributed by atoms with Gasteiger partial charge in [0.05, 0.1) is 6.04 Å². The van der Waals surface area contributed by atoms with E-state index < -0.39 is 0 Å². The number of furan rings is 1. The number of piperidine rings is 1. The Bertz CT molecular complexity index is 929. The third kappa shape index (κ3) is 3.24. The summed E-state index contributed by atoms with van der Waals surface area (Å²) in [5.41, 5.74) is 0.872. The summed E-state index contributed by atoms with van der Waals surface area (Å²) in [6.45, 7) is 3.76. The number of nitrogens with zero attached hydrogens (tertiary/aromatic N) is 3. The maximum absolute atomic E-state index is 12.3. The lowest BCUT2D eigenvalue weighted by molar-refractivity contribution is 0.357. The molecule has 0 unspecified atom stereocenters. The molecule has 1 N–H and O–H groups in total. The fourth-order valence-electron chi connectivity index (χ4n) is 3.66. The fraction of sp³-hybridized carbons (Fsp3) is 0.400. The number of fused-ring (bicyclic) bond motifs is 1. The van der Waals surface area contributed by atoms with E-state index in [1.807, 2.05) is 18.2 Å². The van der Waals surface area contributed by atoms with Crippen molar-refractivity contribution in [3.8, 4) is 0 Å². The molecule has 1 aliphatic heterocycles. The number of para-hydroxylation sites is 1. The third-order valence-electron chi connectivity index (χ3n) is 5.08. The van der Waals surface area contributed by atoms with Crippen molar-refractivity contribution < 1.29 is 4.42 Å². The maximum atomic E-state index is 12.3. The topological polar surface area (TPSA) is 63.3 Å². The van der Waals surface area contributed by atoms with Crippen LogP contribution in [0.5, 0.6) is 0 Å². The van der Waals surface area contributed by atoms with Crippen molar-refractivity contribution in [3.63, 3.8) is 0 Å². The number of benzene rings is 1. The summed E-state index contributed by atoms with van der Waals surface area (Å²) in [4.78, 5) is 18.7. The van der Waals surface area contributed by atoms with Crippen LogP contribution in [0.15, 0.2) is 51.9 Å². The first-order valence-electron chi connectivity index (χ1n) is 9.13. The zero-order chi connectivity index (χ0) is 18.1. The molecule has 1 saturated heterocycles. The van der Waals surface area contributed by atoms with Gasteiger partial charge in [0.15, 0.2) is 5.82 Å². The minimum atomic E-state index is -0.0431. The molecule has 3 heterocycles. The van der Waals surface area contributed by atoms with Gasteiger partial charge >= 0.3 is 0 Å². The highest BCUT2D eigenvalue weighted by Crippen LogP contribution is 2.25. The Morgan fingerprint density at radius 1 is 1.35 bits per heavy atom. The Morgan fingerprint density at radius 3 is 3.04 bits per heavy atom. The van der Waals surface area contributed by atoms with E-state index in [0.717, 1.165) is 42.7 Å². The van der Waals surface area contributed by atoms with Crippen molar-refractivity contribution in [3.05, 3.63) is 58.8 Å². The van der Waals surface area contributed by atoms with Crippen LogP contribution in [0.2, 0.25) is 0 Å². The molecule has 1 fully saturated rings. The van der Waals surface area contributed by atoms with Gasteiger partial charge in [-0.1, -0.05) is 18.2 Å². The number of hydrogen-bond donors (Lipinski definition) is 1. The zero-order valence-electron chi connectivity index (χ0n) is 15.2. The molecule has 0 saturated carbocycles. The Labute approximate surface area is 152 Å². The minimum absolute atomic E-state index is 0.0431. The van der Waals surface area contributed by atoms with Gasteiger partial charge in [0.2, 0.25) is 0 Å². The molecule has 1 aliphatic rings. The maximum Gasteiger partial charge on any atom is 0.293 e. The van der Waals surface area contributed by atoms with Gasteiger partial charge < -0.3 is 19.2 Å². The predicted octanol–water partition coefficient (Wildman–Crippen LogP) is 2.85.